The summed E-state index contributed by atoms with van der Waals surface area (Å²) in [4.78, 5) is 15.6. The van der Waals surface area contributed by atoms with Crippen LogP contribution in [0.1, 0.15) is 0 Å². The summed E-state index contributed by atoms with van der Waals surface area (Å²) < 4.78 is 12.5. The minimum Gasteiger partial charge on any atom is -0.486 e. The highest BCUT2D eigenvalue weighted by Crippen LogP contribution is 2.36. The first-order valence-electron chi connectivity index (χ1n) is 4.74. The molecule has 0 amide bonds. The second-order valence-corrected chi connectivity index (χ2v) is 4.30. The van der Waals surface area contributed by atoms with Crippen molar-refractivity contribution >= 4 is 33.9 Å². The van der Waals surface area contributed by atoms with Crippen LogP contribution in [0.5, 0.6) is 11.5 Å². The number of fused-ring (bicyclic) bond motifs is 3. The van der Waals surface area contributed by atoms with Crippen LogP contribution >= 0.6 is 22.9 Å². The third kappa shape index (κ3) is 1.36. The van der Waals surface area contributed by atoms with Gasteiger partial charge in [-0.3, -0.25) is 4.79 Å². The topological polar surface area (TPSA) is 53.4 Å². The Morgan fingerprint density at radius 2 is 2.12 bits per heavy atom. The van der Waals surface area contributed by atoms with Crippen LogP contribution in [0.25, 0.3) is 11.0 Å². The quantitative estimate of drug-likeness (QED) is 0.685. The summed E-state index contributed by atoms with van der Waals surface area (Å²) in [6.45, 7) is 1.02. The number of aromatic nitrogens is 2. The van der Waals surface area contributed by atoms with Crippen LogP contribution in [-0.4, -0.2) is 21.0 Å². The van der Waals surface area contributed by atoms with Crippen molar-refractivity contribution in [2.24, 2.45) is 0 Å². The molecule has 2 heterocycles. The summed E-state index contributed by atoms with van der Waals surface area (Å²) in [5, 5.41) is 0. The van der Waals surface area contributed by atoms with E-state index in [0.29, 0.717) is 30.2 Å². The van der Waals surface area contributed by atoms with Gasteiger partial charge in [0.25, 0.3) is 5.56 Å². The van der Waals surface area contributed by atoms with Crippen molar-refractivity contribution in [2.75, 3.05) is 13.2 Å². The van der Waals surface area contributed by atoms with Crippen LogP contribution < -0.4 is 15.0 Å². The smallest absolute Gasteiger partial charge is 0.278 e. The Morgan fingerprint density at radius 3 is 3.00 bits per heavy atom. The van der Waals surface area contributed by atoms with Gasteiger partial charge in [-0.05, 0) is 12.1 Å². The molecule has 5 nitrogen and oxygen atoms in total. The maximum atomic E-state index is 11.5. The molecule has 1 aromatic heterocycles. The summed E-state index contributed by atoms with van der Waals surface area (Å²) in [5.74, 6) is 1.26. The fraction of sp³-hybridized carbons (Fsp3) is 0.200. The van der Waals surface area contributed by atoms with Crippen LogP contribution in [0, 0.1) is 0 Å². The van der Waals surface area contributed by atoms with E-state index in [1.807, 2.05) is 35.0 Å². The fourth-order valence-electron chi connectivity index (χ4n) is 1.67. The molecule has 0 N–H and O–H groups in total. The molecule has 2 aromatic rings. The number of benzene rings is 1. The Kier molecular flexibility index (Phi) is 2.23. The second kappa shape index (κ2) is 3.62. The molecule has 0 bridgehead atoms. The largest absolute Gasteiger partial charge is 0.486 e. The molecule has 1 aromatic carbocycles. The number of hydrogen-bond donors (Lipinski definition) is 0. The van der Waals surface area contributed by atoms with Gasteiger partial charge in [0.05, 0.1) is 34.6 Å². The van der Waals surface area contributed by atoms with E-state index in [2.05, 4.69) is 4.98 Å². The molecule has 0 spiro atoms. The van der Waals surface area contributed by atoms with Gasteiger partial charge in [-0.15, -0.1) is 0 Å². The van der Waals surface area contributed by atoms with Gasteiger partial charge in [0.1, 0.15) is 18.7 Å². The number of nitrogens with zero attached hydrogens (tertiary/aromatic N) is 2. The SMILES string of the molecule is O=c1cnc2ccc3c(c2n1I)OCCO3. The number of halogens is 1. The minimum absolute atomic E-state index is 0.171. The molecule has 0 unspecified atom stereocenters. The van der Waals surface area contributed by atoms with E-state index in [1.54, 1.807) is 0 Å². The Labute approximate surface area is 104 Å². The summed E-state index contributed by atoms with van der Waals surface area (Å²) in [6.07, 6.45) is 1.30. The molecule has 6 heteroatoms. The lowest BCUT2D eigenvalue weighted by Crippen LogP contribution is -2.18. The lowest BCUT2D eigenvalue weighted by Gasteiger charge is -2.19. The number of rotatable bonds is 0. The van der Waals surface area contributed by atoms with Crippen LogP contribution in [0.15, 0.2) is 23.1 Å². The first kappa shape index (κ1) is 9.88. The Hall–Kier alpha value is -1.31. The Bertz CT molecular complexity index is 623. The predicted molar refractivity (Wildman–Crippen MR) is 66.4 cm³/mol. The lowest BCUT2D eigenvalue weighted by molar-refractivity contribution is 0.173. The van der Waals surface area contributed by atoms with Crippen LogP contribution in [0.4, 0.5) is 0 Å². The molecule has 0 radical (unpaired) electrons. The molecule has 16 heavy (non-hydrogen) atoms. The third-order valence-electron chi connectivity index (χ3n) is 2.37. The van der Waals surface area contributed by atoms with Crippen LogP contribution in [-0.2, 0) is 0 Å². The van der Waals surface area contributed by atoms with E-state index in [-0.39, 0.29) is 5.56 Å². The lowest BCUT2D eigenvalue weighted by atomic mass is 10.2. The highest BCUT2D eigenvalue weighted by Gasteiger charge is 2.18. The van der Waals surface area contributed by atoms with Crippen molar-refractivity contribution < 1.29 is 9.47 Å². The molecule has 1 aliphatic rings. The highest BCUT2D eigenvalue weighted by atomic mass is 127. The molecule has 0 atom stereocenters. The standard InChI is InChI=1S/C10H7IN2O3/c11-13-8(14)5-12-6-1-2-7-10(9(6)13)16-4-3-15-7/h1-2,5H,3-4H2. The molecule has 82 valence electrons. The van der Waals surface area contributed by atoms with Gasteiger partial charge < -0.3 is 9.47 Å². The minimum atomic E-state index is -0.171. The molecule has 0 saturated carbocycles. The van der Waals surface area contributed by atoms with Gasteiger partial charge in [-0.2, -0.15) is 0 Å². The third-order valence-corrected chi connectivity index (χ3v) is 3.32. The van der Waals surface area contributed by atoms with Gasteiger partial charge >= 0.3 is 0 Å². The van der Waals surface area contributed by atoms with Crippen LogP contribution in [0.2, 0.25) is 0 Å². The van der Waals surface area contributed by atoms with Crippen molar-refractivity contribution in [1.29, 1.82) is 0 Å². The summed E-state index contributed by atoms with van der Waals surface area (Å²) in [7, 11) is 0. The average Bonchev–Trinajstić information content (AvgIpc) is 2.33. The maximum Gasteiger partial charge on any atom is 0.278 e. The normalized spacial score (nSPS) is 14.1. The predicted octanol–water partition coefficient (Wildman–Crippen LogP) is 1.37. The van der Waals surface area contributed by atoms with Gasteiger partial charge in [-0.1, -0.05) is 0 Å². The van der Waals surface area contributed by atoms with E-state index in [9.17, 15) is 4.79 Å². The number of hydrogen-bond acceptors (Lipinski definition) is 4. The van der Waals surface area contributed by atoms with Gasteiger partial charge in [0.15, 0.2) is 11.5 Å². The molecule has 1 aliphatic heterocycles. The van der Waals surface area contributed by atoms with Crippen LogP contribution in [0.3, 0.4) is 0 Å². The zero-order chi connectivity index (χ0) is 11.1. The Balaban J connectivity index is 2.45. The van der Waals surface area contributed by atoms with Crippen molar-refractivity contribution in [3.05, 3.63) is 28.7 Å². The van der Waals surface area contributed by atoms with Crippen molar-refractivity contribution in [2.45, 2.75) is 0 Å². The molecule has 0 fully saturated rings. The molecule has 0 saturated heterocycles. The maximum absolute atomic E-state index is 11.5. The number of ether oxygens (including phenoxy) is 2. The van der Waals surface area contributed by atoms with E-state index >= 15 is 0 Å². The Morgan fingerprint density at radius 1 is 1.31 bits per heavy atom. The van der Waals surface area contributed by atoms with Gasteiger partial charge in [0, 0.05) is 0 Å². The molecular weight excluding hydrogens is 323 g/mol. The fourth-order valence-corrected chi connectivity index (χ4v) is 2.26. The first-order chi connectivity index (χ1) is 7.77. The first-order valence-corrected chi connectivity index (χ1v) is 5.70. The average molecular weight is 330 g/mol. The van der Waals surface area contributed by atoms with Gasteiger partial charge in [-0.25, -0.2) is 7.76 Å². The zero-order valence-corrected chi connectivity index (χ0v) is 10.3. The van der Waals surface area contributed by atoms with Crippen molar-refractivity contribution in [3.63, 3.8) is 0 Å². The highest BCUT2D eigenvalue weighted by molar-refractivity contribution is 14.1. The molecule has 3 rings (SSSR count). The van der Waals surface area contributed by atoms with E-state index in [4.69, 9.17) is 9.47 Å². The summed E-state index contributed by atoms with van der Waals surface area (Å²) in [5.41, 5.74) is 1.22. The monoisotopic (exact) mass is 330 g/mol. The summed E-state index contributed by atoms with van der Waals surface area (Å²) >= 11 is 1.94. The summed E-state index contributed by atoms with van der Waals surface area (Å²) in [6, 6.07) is 3.63. The van der Waals surface area contributed by atoms with E-state index < -0.39 is 0 Å². The molecular formula is C10H7IN2O3. The van der Waals surface area contributed by atoms with Crippen molar-refractivity contribution in [3.8, 4) is 11.5 Å². The van der Waals surface area contributed by atoms with Crippen molar-refractivity contribution in [1.82, 2.24) is 7.76 Å². The second-order valence-electron chi connectivity index (χ2n) is 3.33. The van der Waals surface area contributed by atoms with E-state index in [0.717, 1.165) is 5.52 Å². The van der Waals surface area contributed by atoms with Gasteiger partial charge in [0.2, 0.25) is 0 Å². The molecule has 0 aliphatic carbocycles. The zero-order valence-electron chi connectivity index (χ0n) is 8.14. The van der Waals surface area contributed by atoms with E-state index in [1.165, 1.54) is 8.98 Å².